The zero-order chi connectivity index (χ0) is 15.9. The maximum atomic E-state index is 11.2. The Balaban J connectivity index is 2.04. The van der Waals surface area contributed by atoms with Gasteiger partial charge in [-0.25, -0.2) is 4.98 Å². The van der Waals surface area contributed by atoms with E-state index in [2.05, 4.69) is 27.6 Å². The lowest BCUT2D eigenvalue weighted by Crippen LogP contribution is -2.05. The molecule has 0 aliphatic heterocycles. The highest BCUT2D eigenvalue weighted by atomic mass is 125. The standard InChI is InChI=1S/C14H11IN2O3S2/c1-22(18,19)20-9-3-5-12-13(7-9)21-14(17-12)8-2-4-11(16)10(15)6-8/h2-7H,16H2,1H3/i15-2. The summed E-state index contributed by atoms with van der Waals surface area (Å²) in [5, 5.41) is 0.851. The Morgan fingerprint density at radius 3 is 2.68 bits per heavy atom. The molecule has 8 heteroatoms. The second-order valence-electron chi connectivity index (χ2n) is 4.67. The molecule has 0 aliphatic carbocycles. The van der Waals surface area contributed by atoms with Crippen LogP contribution in [0.3, 0.4) is 0 Å². The van der Waals surface area contributed by atoms with Crippen molar-refractivity contribution in [2.45, 2.75) is 0 Å². The Morgan fingerprint density at radius 1 is 1.23 bits per heavy atom. The van der Waals surface area contributed by atoms with Crippen LogP contribution in [0, 0.1) is 3.57 Å². The number of thiazole rings is 1. The molecule has 0 saturated heterocycles. The molecular formula is C14H11IN2O3S2. The van der Waals surface area contributed by atoms with E-state index in [-0.39, 0.29) is 5.75 Å². The van der Waals surface area contributed by atoms with Crippen molar-refractivity contribution in [2.75, 3.05) is 12.0 Å². The van der Waals surface area contributed by atoms with E-state index in [0.29, 0.717) is 0 Å². The number of benzene rings is 2. The summed E-state index contributed by atoms with van der Waals surface area (Å²) in [5.74, 6) is 0.289. The summed E-state index contributed by atoms with van der Waals surface area (Å²) < 4.78 is 29.1. The van der Waals surface area contributed by atoms with Gasteiger partial charge in [-0.05, 0) is 52.9 Å². The zero-order valence-electron chi connectivity index (χ0n) is 11.4. The van der Waals surface area contributed by atoms with Crippen molar-refractivity contribution in [3.8, 4) is 16.3 Å². The Hall–Kier alpha value is -1.39. The van der Waals surface area contributed by atoms with Gasteiger partial charge in [0.05, 0.1) is 16.5 Å². The largest absolute Gasteiger partial charge is 0.398 e. The number of rotatable bonds is 3. The maximum Gasteiger partial charge on any atom is 0.306 e. The van der Waals surface area contributed by atoms with Crippen LogP contribution < -0.4 is 9.92 Å². The summed E-state index contributed by atoms with van der Waals surface area (Å²) in [7, 11) is -3.53. The minimum atomic E-state index is -3.53. The number of hydrogen-bond donors (Lipinski definition) is 1. The molecule has 1 heterocycles. The van der Waals surface area contributed by atoms with E-state index in [1.165, 1.54) is 11.3 Å². The summed E-state index contributed by atoms with van der Waals surface area (Å²) in [6, 6.07) is 10.8. The fourth-order valence-electron chi connectivity index (χ4n) is 1.92. The number of nitrogens with two attached hydrogens (primary N) is 1. The van der Waals surface area contributed by atoms with Crippen LogP contribution in [0.5, 0.6) is 5.75 Å². The fraction of sp³-hybridized carbons (Fsp3) is 0.0714. The number of hydrogen-bond acceptors (Lipinski definition) is 6. The molecule has 0 fully saturated rings. The number of fused-ring (bicyclic) bond motifs is 1. The monoisotopic (exact) mass is 444 g/mol. The highest BCUT2D eigenvalue weighted by Gasteiger charge is 2.10. The van der Waals surface area contributed by atoms with Crippen LogP contribution >= 0.6 is 33.9 Å². The van der Waals surface area contributed by atoms with Crippen molar-refractivity contribution in [1.82, 2.24) is 4.98 Å². The predicted molar refractivity (Wildman–Crippen MR) is 97.7 cm³/mol. The lowest BCUT2D eigenvalue weighted by molar-refractivity contribution is 0.493. The first-order chi connectivity index (χ1) is 10.3. The lowest BCUT2D eigenvalue weighted by Gasteiger charge is -2.01. The second-order valence-corrected chi connectivity index (χ2v) is 8.44. The third-order valence-corrected chi connectivity index (χ3v) is 5.35. The van der Waals surface area contributed by atoms with Gasteiger partial charge in [0.2, 0.25) is 0 Å². The van der Waals surface area contributed by atoms with Crippen molar-refractivity contribution >= 4 is 59.9 Å². The van der Waals surface area contributed by atoms with Crippen molar-refractivity contribution in [1.29, 1.82) is 0 Å². The smallest absolute Gasteiger partial charge is 0.306 e. The molecule has 5 nitrogen and oxygen atoms in total. The van der Waals surface area contributed by atoms with Crippen LogP contribution in [-0.2, 0) is 10.1 Å². The lowest BCUT2D eigenvalue weighted by atomic mass is 10.2. The molecule has 0 bridgehead atoms. The SMILES string of the molecule is CS(=O)(=O)Oc1ccc2nc(-c3ccc(N)c([125I])c3)sc2c1. The van der Waals surface area contributed by atoms with Gasteiger partial charge in [0.25, 0.3) is 0 Å². The average molecular weight is 444 g/mol. The molecule has 0 unspecified atom stereocenters. The molecule has 0 spiro atoms. The maximum absolute atomic E-state index is 11.2. The van der Waals surface area contributed by atoms with Crippen LogP contribution in [0.2, 0.25) is 0 Å². The third kappa shape index (κ3) is 3.33. The van der Waals surface area contributed by atoms with E-state index in [0.717, 1.165) is 36.3 Å². The highest BCUT2D eigenvalue weighted by molar-refractivity contribution is 14.1. The number of anilines is 1. The van der Waals surface area contributed by atoms with Gasteiger partial charge in [-0.2, -0.15) is 8.42 Å². The normalized spacial score (nSPS) is 11.7. The van der Waals surface area contributed by atoms with E-state index in [9.17, 15) is 8.42 Å². The summed E-state index contributed by atoms with van der Waals surface area (Å²) in [5.41, 5.74) is 8.33. The molecule has 0 saturated carbocycles. The fourth-order valence-corrected chi connectivity index (χ4v) is 3.87. The van der Waals surface area contributed by atoms with E-state index in [1.54, 1.807) is 18.2 Å². The van der Waals surface area contributed by atoms with Crippen LogP contribution in [0.15, 0.2) is 36.4 Å². The van der Waals surface area contributed by atoms with Crippen molar-refractivity contribution in [2.24, 2.45) is 0 Å². The predicted octanol–water partition coefficient (Wildman–Crippen LogP) is 3.49. The van der Waals surface area contributed by atoms with E-state index >= 15 is 0 Å². The molecule has 114 valence electrons. The number of nitrogens with zero attached hydrogens (tertiary/aromatic N) is 1. The molecule has 22 heavy (non-hydrogen) atoms. The van der Waals surface area contributed by atoms with Crippen LogP contribution in [0.25, 0.3) is 20.8 Å². The molecule has 3 rings (SSSR count). The van der Waals surface area contributed by atoms with Crippen molar-refractivity contribution in [3.05, 3.63) is 40.0 Å². The minimum absolute atomic E-state index is 0.289. The van der Waals surface area contributed by atoms with Gasteiger partial charge in [0.1, 0.15) is 10.8 Å². The van der Waals surface area contributed by atoms with Crippen LogP contribution in [-0.4, -0.2) is 19.7 Å². The molecule has 3 aromatic rings. The Kier molecular flexibility index (Phi) is 4.00. The molecule has 2 N–H and O–H groups in total. The second kappa shape index (κ2) is 5.67. The van der Waals surface area contributed by atoms with Gasteiger partial charge >= 0.3 is 10.1 Å². The number of nitrogen functional groups attached to an aromatic ring is 1. The molecule has 0 aliphatic rings. The van der Waals surface area contributed by atoms with E-state index < -0.39 is 10.1 Å². The van der Waals surface area contributed by atoms with Crippen molar-refractivity contribution in [3.63, 3.8) is 0 Å². The molecule has 0 atom stereocenters. The molecule has 2 aromatic carbocycles. The van der Waals surface area contributed by atoms with Crippen LogP contribution in [0.4, 0.5) is 5.69 Å². The molecule has 0 amide bonds. The minimum Gasteiger partial charge on any atom is -0.398 e. The summed E-state index contributed by atoms with van der Waals surface area (Å²) in [6.45, 7) is 0. The van der Waals surface area contributed by atoms with Crippen molar-refractivity contribution < 1.29 is 12.6 Å². The van der Waals surface area contributed by atoms with Crippen LogP contribution in [0.1, 0.15) is 0 Å². The van der Waals surface area contributed by atoms with Gasteiger partial charge in [-0.15, -0.1) is 11.3 Å². The van der Waals surface area contributed by atoms with Gasteiger partial charge in [-0.3, -0.25) is 0 Å². The third-order valence-electron chi connectivity index (χ3n) is 2.85. The zero-order valence-corrected chi connectivity index (χ0v) is 15.2. The average Bonchev–Trinajstić information content (AvgIpc) is 2.83. The topological polar surface area (TPSA) is 82.3 Å². The summed E-state index contributed by atoms with van der Waals surface area (Å²) in [4.78, 5) is 4.56. The molecule has 0 radical (unpaired) electrons. The summed E-state index contributed by atoms with van der Waals surface area (Å²) >= 11 is 3.66. The summed E-state index contributed by atoms with van der Waals surface area (Å²) in [6.07, 6.45) is 1.02. The number of aromatic nitrogens is 1. The van der Waals surface area contributed by atoms with Gasteiger partial charge in [0, 0.05) is 20.9 Å². The first kappa shape index (κ1) is 15.5. The quantitative estimate of drug-likeness (QED) is 0.380. The Morgan fingerprint density at radius 2 is 2.00 bits per heavy atom. The molecular weight excluding hydrogens is 433 g/mol. The first-order valence-electron chi connectivity index (χ1n) is 6.17. The van der Waals surface area contributed by atoms with Gasteiger partial charge in [-0.1, -0.05) is 0 Å². The first-order valence-corrected chi connectivity index (χ1v) is 9.88. The van der Waals surface area contributed by atoms with E-state index in [1.807, 2.05) is 18.2 Å². The van der Waals surface area contributed by atoms with E-state index in [4.69, 9.17) is 9.92 Å². The Labute approximate surface area is 145 Å². The highest BCUT2D eigenvalue weighted by Crippen LogP contribution is 2.33. The van der Waals surface area contributed by atoms with Gasteiger partial charge < -0.3 is 9.92 Å². The number of halogens is 1. The van der Waals surface area contributed by atoms with Gasteiger partial charge in [0.15, 0.2) is 0 Å². The Bertz CT molecular complexity index is 967. The molecule has 1 aromatic heterocycles.